The maximum Gasteiger partial charge on any atom is 0.214 e. The lowest BCUT2D eigenvalue weighted by Gasteiger charge is -2.43. The third kappa shape index (κ3) is 4.15. The van der Waals surface area contributed by atoms with E-state index < -0.39 is 10.0 Å². The molecule has 0 radical (unpaired) electrons. The van der Waals surface area contributed by atoms with Gasteiger partial charge in [0, 0.05) is 32.2 Å². The molecule has 2 aliphatic rings. The number of fused-ring (bicyclic) bond motifs is 1. The van der Waals surface area contributed by atoms with Gasteiger partial charge in [0.25, 0.3) is 0 Å². The van der Waals surface area contributed by atoms with Gasteiger partial charge in [0.05, 0.1) is 19.0 Å². The Morgan fingerprint density at radius 3 is 2.63 bits per heavy atom. The highest BCUT2D eigenvalue weighted by Gasteiger charge is 2.35. The summed E-state index contributed by atoms with van der Waals surface area (Å²) < 4.78 is 31.9. The van der Waals surface area contributed by atoms with Gasteiger partial charge in [-0.05, 0) is 11.8 Å². The van der Waals surface area contributed by atoms with Crippen molar-refractivity contribution in [3.8, 4) is 0 Å². The van der Waals surface area contributed by atoms with E-state index in [-0.39, 0.29) is 17.2 Å². The number of piperazine rings is 1. The van der Waals surface area contributed by atoms with Gasteiger partial charge >= 0.3 is 0 Å². The Labute approximate surface area is 117 Å². The molecule has 0 bridgehead atoms. The first-order chi connectivity index (χ1) is 8.78. The summed E-state index contributed by atoms with van der Waals surface area (Å²) in [5, 5.41) is 0. The van der Waals surface area contributed by atoms with Crippen LogP contribution in [-0.4, -0.2) is 68.8 Å². The Morgan fingerprint density at radius 2 is 1.95 bits per heavy atom. The Balaban J connectivity index is 1.94. The molecular formula is C13H26N2O3S. The molecule has 0 unspecified atom stereocenters. The molecule has 19 heavy (non-hydrogen) atoms. The summed E-state index contributed by atoms with van der Waals surface area (Å²) in [5.74, 6) is 0.254. The van der Waals surface area contributed by atoms with Crippen LogP contribution in [0.5, 0.6) is 0 Å². The van der Waals surface area contributed by atoms with Crippen LogP contribution in [-0.2, 0) is 14.8 Å². The lowest BCUT2D eigenvalue weighted by Crippen LogP contribution is -2.59. The van der Waals surface area contributed by atoms with E-state index in [1.54, 1.807) is 4.31 Å². The van der Waals surface area contributed by atoms with Gasteiger partial charge in [0.15, 0.2) is 0 Å². The lowest BCUT2D eigenvalue weighted by atomic mass is 9.94. The number of nitrogens with zero attached hydrogens (tertiary/aromatic N) is 2. The molecule has 0 aliphatic carbocycles. The number of sulfonamides is 1. The van der Waals surface area contributed by atoms with E-state index >= 15 is 0 Å². The molecule has 0 saturated carbocycles. The van der Waals surface area contributed by atoms with E-state index in [1.807, 2.05) is 0 Å². The molecule has 5 nitrogen and oxygen atoms in total. The number of rotatable bonds is 3. The highest BCUT2D eigenvalue weighted by Crippen LogP contribution is 2.22. The molecule has 0 aromatic rings. The van der Waals surface area contributed by atoms with Gasteiger partial charge in [-0.25, -0.2) is 8.42 Å². The summed E-state index contributed by atoms with van der Waals surface area (Å²) in [5.41, 5.74) is 0.0584. The van der Waals surface area contributed by atoms with Crippen LogP contribution in [0, 0.1) is 5.41 Å². The molecule has 112 valence electrons. The van der Waals surface area contributed by atoms with Crippen molar-refractivity contribution >= 4 is 10.0 Å². The second-order valence-corrected chi connectivity index (χ2v) is 8.84. The van der Waals surface area contributed by atoms with Gasteiger partial charge < -0.3 is 4.74 Å². The number of hydrogen-bond donors (Lipinski definition) is 0. The van der Waals surface area contributed by atoms with Crippen LogP contribution in [0.4, 0.5) is 0 Å². The zero-order valence-corrected chi connectivity index (χ0v) is 13.1. The zero-order valence-electron chi connectivity index (χ0n) is 12.3. The molecule has 0 N–H and O–H groups in total. The number of ether oxygens (including phenoxy) is 1. The first-order valence-electron chi connectivity index (χ1n) is 7.08. The molecule has 1 atom stereocenters. The molecule has 2 aliphatic heterocycles. The van der Waals surface area contributed by atoms with Crippen LogP contribution in [0.1, 0.15) is 27.2 Å². The highest BCUT2D eigenvalue weighted by molar-refractivity contribution is 7.89. The minimum absolute atomic E-state index is 0.0584. The van der Waals surface area contributed by atoms with Gasteiger partial charge in [-0.1, -0.05) is 20.8 Å². The molecule has 2 saturated heterocycles. The van der Waals surface area contributed by atoms with E-state index in [9.17, 15) is 8.42 Å². The average Bonchev–Trinajstić information content (AvgIpc) is 2.35. The van der Waals surface area contributed by atoms with Crippen molar-refractivity contribution in [1.82, 2.24) is 9.21 Å². The smallest absolute Gasteiger partial charge is 0.214 e. The standard InChI is InChI=1S/C13H26N2O3S/c1-13(2,3)4-9-19(16,17)15-6-5-14-7-8-18-11-12(14)10-15/h12H,4-11H2,1-3H3/t12-/m0/s1. The largest absolute Gasteiger partial charge is 0.378 e. The van der Waals surface area contributed by atoms with Crippen molar-refractivity contribution in [3.05, 3.63) is 0 Å². The predicted octanol–water partition coefficient (Wildman–Crippen LogP) is 0.769. The third-order valence-electron chi connectivity index (χ3n) is 3.90. The predicted molar refractivity (Wildman–Crippen MR) is 75.6 cm³/mol. The molecule has 2 rings (SSSR count). The van der Waals surface area contributed by atoms with Crippen LogP contribution in [0.3, 0.4) is 0 Å². The Morgan fingerprint density at radius 1 is 1.21 bits per heavy atom. The van der Waals surface area contributed by atoms with Crippen molar-refractivity contribution < 1.29 is 13.2 Å². The van der Waals surface area contributed by atoms with Crippen molar-refractivity contribution in [2.24, 2.45) is 5.41 Å². The third-order valence-corrected chi connectivity index (χ3v) is 5.74. The lowest BCUT2D eigenvalue weighted by molar-refractivity contribution is -0.0305. The van der Waals surface area contributed by atoms with Crippen LogP contribution in [0.25, 0.3) is 0 Å². The zero-order chi connectivity index (χ0) is 14.1. The highest BCUT2D eigenvalue weighted by atomic mass is 32.2. The minimum Gasteiger partial charge on any atom is -0.378 e. The SMILES string of the molecule is CC(C)(C)CCS(=O)(=O)N1CCN2CCOC[C@@H]2C1. The first kappa shape index (κ1) is 15.2. The molecule has 0 aromatic heterocycles. The minimum atomic E-state index is -3.12. The molecule has 0 spiro atoms. The van der Waals surface area contributed by atoms with Gasteiger partial charge in [-0.3, -0.25) is 4.90 Å². The van der Waals surface area contributed by atoms with E-state index in [0.29, 0.717) is 26.1 Å². The van der Waals surface area contributed by atoms with Crippen molar-refractivity contribution in [2.45, 2.75) is 33.2 Å². The molecule has 6 heteroatoms. The Kier molecular flexibility index (Phi) is 4.55. The monoisotopic (exact) mass is 290 g/mol. The summed E-state index contributed by atoms with van der Waals surface area (Å²) in [6.45, 7) is 10.7. The fraction of sp³-hybridized carbons (Fsp3) is 1.00. The summed E-state index contributed by atoms with van der Waals surface area (Å²) >= 11 is 0. The van der Waals surface area contributed by atoms with Crippen molar-refractivity contribution in [3.63, 3.8) is 0 Å². The summed E-state index contributed by atoms with van der Waals surface area (Å²) in [6, 6.07) is 0.243. The average molecular weight is 290 g/mol. The number of morpholine rings is 1. The summed E-state index contributed by atoms with van der Waals surface area (Å²) in [6.07, 6.45) is 0.705. The van der Waals surface area contributed by atoms with Crippen LogP contribution in [0.2, 0.25) is 0 Å². The van der Waals surface area contributed by atoms with Gasteiger partial charge in [0.1, 0.15) is 0 Å². The fourth-order valence-electron chi connectivity index (χ4n) is 2.53. The summed E-state index contributed by atoms with van der Waals surface area (Å²) in [7, 11) is -3.12. The van der Waals surface area contributed by atoms with E-state index in [1.165, 1.54) is 0 Å². The Bertz CT molecular complexity index is 403. The van der Waals surface area contributed by atoms with E-state index in [4.69, 9.17) is 4.74 Å². The van der Waals surface area contributed by atoms with Crippen LogP contribution >= 0.6 is 0 Å². The second kappa shape index (κ2) is 5.68. The van der Waals surface area contributed by atoms with E-state index in [2.05, 4.69) is 25.7 Å². The van der Waals surface area contributed by atoms with Gasteiger partial charge in [-0.15, -0.1) is 0 Å². The molecule has 2 heterocycles. The maximum absolute atomic E-state index is 12.4. The Hall–Kier alpha value is -0.170. The van der Waals surface area contributed by atoms with Crippen molar-refractivity contribution in [1.29, 1.82) is 0 Å². The van der Waals surface area contributed by atoms with Gasteiger partial charge in [-0.2, -0.15) is 4.31 Å². The fourth-order valence-corrected chi connectivity index (χ4v) is 4.42. The summed E-state index contributed by atoms with van der Waals surface area (Å²) in [4.78, 5) is 2.35. The molecule has 0 aromatic carbocycles. The number of hydrogen-bond acceptors (Lipinski definition) is 4. The second-order valence-electron chi connectivity index (χ2n) is 6.75. The van der Waals surface area contributed by atoms with Gasteiger partial charge in [0.2, 0.25) is 10.0 Å². The topological polar surface area (TPSA) is 49.9 Å². The van der Waals surface area contributed by atoms with Crippen LogP contribution < -0.4 is 0 Å². The normalized spacial score (nSPS) is 27.2. The van der Waals surface area contributed by atoms with Crippen LogP contribution in [0.15, 0.2) is 0 Å². The quantitative estimate of drug-likeness (QED) is 0.770. The molecule has 0 amide bonds. The van der Waals surface area contributed by atoms with E-state index in [0.717, 1.165) is 19.7 Å². The maximum atomic E-state index is 12.4. The first-order valence-corrected chi connectivity index (χ1v) is 8.68. The van der Waals surface area contributed by atoms with Crippen molar-refractivity contribution in [2.75, 3.05) is 45.1 Å². The molecular weight excluding hydrogens is 264 g/mol. The molecule has 2 fully saturated rings.